The van der Waals surface area contributed by atoms with E-state index >= 15 is 0 Å². The van der Waals surface area contributed by atoms with E-state index in [-0.39, 0.29) is 18.2 Å². The fraction of sp³-hybridized carbons (Fsp3) is 0.188. The van der Waals surface area contributed by atoms with E-state index in [2.05, 4.69) is 10.3 Å². The molecule has 1 aromatic carbocycles. The van der Waals surface area contributed by atoms with Crippen LogP contribution in [0.15, 0.2) is 42.6 Å². The van der Waals surface area contributed by atoms with Crippen molar-refractivity contribution < 1.29 is 9.59 Å². The lowest BCUT2D eigenvalue weighted by molar-refractivity contribution is -0.114. The molecule has 0 aliphatic heterocycles. The van der Waals surface area contributed by atoms with Crippen molar-refractivity contribution in [2.24, 2.45) is 0 Å². The third kappa shape index (κ3) is 4.30. The van der Waals surface area contributed by atoms with Crippen molar-refractivity contribution in [3.8, 4) is 0 Å². The van der Waals surface area contributed by atoms with Crippen molar-refractivity contribution in [1.82, 2.24) is 4.98 Å². The van der Waals surface area contributed by atoms with Gasteiger partial charge >= 0.3 is 0 Å². The summed E-state index contributed by atoms with van der Waals surface area (Å²) >= 11 is 5.78. The number of halogens is 1. The molecule has 22 heavy (non-hydrogen) atoms. The zero-order valence-corrected chi connectivity index (χ0v) is 13.1. The van der Waals surface area contributed by atoms with Crippen LogP contribution in [0, 0.1) is 0 Å². The van der Waals surface area contributed by atoms with Gasteiger partial charge in [-0.1, -0.05) is 23.7 Å². The molecule has 114 valence electrons. The summed E-state index contributed by atoms with van der Waals surface area (Å²) in [6, 6.07) is 10.3. The highest BCUT2D eigenvalue weighted by Crippen LogP contribution is 2.14. The molecule has 0 aliphatic carbocycles. The predicted octanol–water partition coefficient (Wildman–Crippen LogP) is 3.01. The molecule has 0 fully saturated rings. The van der Waals surface area contributed by atoms with Crippen molar-refractivity contribution in [2.45, 2.75) is 6.92 Å². The van der Waals surface area contributed by atoms with E-state index in [1.54, 1.807) is 48.3 Å². The lowest BCUT2D eigenvalue weighted by Crippen LogP contribution is -2.30. The lowest BCUT2D eigenvalue weighted by atomic mass is 10.1. The van der Waals surface area contributed by atoms with Gasteiger partial charge in [0.15, 0.2) is 5.78 Å². The third-order valence-electron chi connectivity index (χ3n) is 3.04. The van der Waals surface area contributed by atoms with E-state index in [1.165, 1.54) is 13.1 Å². The van der Waals surface area contributed by atoms with Crippen LogP contribution in [-0.2, 0) is 4.79 Å². The van der Waals surface area contributed by atoms with Crippen molar-refractivity contribution in [3.63, 3.8) is 0 Å². The van der Waals surface area contributed by atoms with E-state index in [9.17, 15) is 9.59 Å². The summed E-state index contributed by atoms with van der Waals surface area (Å²) in [6.45, 7) is 1.62. The molecule has 0 unspecified atom stereocenters. The number of ketones is 1. The van der Waals surface area contributed by atoms with Crippen LogP contribution < -0.4 is 10.2 Å². The third-order valence-corrected chi connectivity index (χ3v) is 3.26. The summed E-state index contributed by atoms with van der Waals surface area (Å²) in [5.74, 6) is 0.413. The first-order valence-corrected chi connectivity index (χ1v) is 7.07. The lowest BCUT2D eigenvalue weighted by Gasteiger charge is -2.17. The predicted molar refractivity (Wildman–Crippen MR) is 87.6 cm³/mol. The number of aromatic nitrogens is 1. The Labute approximate surface area is 133 Å². The number of hydrogen-bond acceptors (Lipinski definition) is 4. The van der Waals surface area contributed by atoms with Gasteiger partial charge in [-0.3, -0.25) is 9.59 Å². The first kappa shape index (κ1) is 16.0. The molecule has 0 aliphatic rings. The number of carbonyl (C=O) groups excluding carboxylic acids is 2. The molecule has 0 bridgehead atoms. The Bertz CT molecular complexity index is 686. The summed E-state index contributed by atoms with van der Waals surface area (Å²) in [7, 11) is 1.77. The normalized spacial score (nSPS) is 10.1. The van der Waals surface area contributed by atoms with E-state index in [4.69, 9.17) is 11.6 Å². The zero-order valence-electron chi connectivity index (χ0n) is 12.3. The van der Waals surface area contributed by atoms with Crippen molar-refractivity contribution in [3.05, 3.63) is 53.2 Å². The Morgan fingerprint density at radius 1 is 1.27 bits per heavy atom. The van der Waals surface area contributed by atoms with Crippen LogP contribution in [0.25, 0.3) is 0 Å². The number of likely N-dealkylation sites (N-methyl/N-ethyl adjacent to an activating group) is 1. The SMILES string of the molecule is CC(=O)c1cccc(NC(=O)CN(C)c2ccc(Cl)cn2)c1. The van der Waals surface area contributed by atoms with Crippen LogP contribution >= 0.6 is 11.6 Å². The number of anilines is 2. The molecule has 0 saturated heterocycles. The van der Waals surface area contributed by atoms with Crippen LogP contribution in [0.1, 0.15) is 17.3 Å². The van der Waals surface area contributed by atoms with Gasteiger partial charge in [-0.05, 0) is 31.2 Å². The maximum atomic E-state index is 12.1. The Kier molecular flexibility index (Phi) is 5.12. The Morgan fingerprint density at radius 3 is 2.68 bits per heavy atom. The van der Waals surface area contributed by atoms with Crippen molar-refractivity contribution in [2.75, 3.05) is 23.8 Å². The average Bonchev–Trinajstić information content (AvgIpc) is 2.47. The summed E-state index contributed by atoms with van der Waals surface area (Å²) in [4.78, 5) is 29.2. The molecule has 2 rings (SSSR count). The number of benzene rings is 1. The number of hydrogen-bond donors (Lipinski definition) is 1. The van der Waals surface area contributed by atoms with Gasteiger partial charge in [0.2, 0.25) is 5.91 Å². The minimum absolute atomic E-state index is 0.0430. The van der Waals surface area contributed by atoms with Gasteiger partial charge < -0.3 is 10.2 Å². The second kappa shape index (κ2) is 7.04. The first-order valence-electron chi connectivity index (χ1n) is 6.69. The molecule has 0 atom stereocenters. The van der Waals surface area contributed by atoms with Crippen LogP contribution in [0.3, 0.4) is 0 Å². The van der Waals surface area contributed by atoms with Crippen LogP contribution in [0.2, 0.25) is 5.02 Å². The van der Waals surface area contributed by atoms with Crippen molar-refractivity contribution >= 4 is 34.8 Å². The molecule has 1 amide bonds. The summed E-state index contributed by atoms with van der Waals surface area (Å²) in [5, 5.41) is 3.31. The van der Waals surface area contributed by atoms with Gasteiger partial charge in [0.05, 0.1) is 11.6 Å². The minimum atomic E-state index is -0.194. The van der Waals surface area contributed by atoms with E-state index < -0.39 is 0 Å². The van der Waals surface area contributed by atoms with E-state index in [0.717, 1.165) is 0 Å². The maximum absolute atomic E-state index is 12.1. The second-order valence-corrected chi connectivity index (χ2v) is 5.31. The Hall–Kier alpha value is -2.40. The largest absolute Gasteiger partial charge is 0.350 e. The number of amides is 1. The molecule has 0 spiro atoms. The topological polar surface area (TPSA) is 62.3 Å². The highest BCUT2D eigenvalue weighted by Gasteiger charge is 2.09. The average molecular weight is 318 g/mol. The number of nitrogens with one attached hydrogen (secondary N) is 1. The molecule has 0 radical (unpaired) electrons. The fourth-order valence-corrected chi connectivity index (χ4v) is 2.02. The molecule has 0 saturated carbocycles. The van der Waals surface area contributed by atoms with Crippen LogP contribution in [-0.4, -0.2) is 30.3 Å². The summed E-state index contributed by atoms with van der Waals surface area (Å²) in [5.41, 5.74) is 1.15. The number of nitrogens with zero attached hydrogens (tertiary/aromatic N) is 2. The molecule has 1 heterocycles. The van der Waals surface area contributed by atoms with E-state index in [0.29, 0.717) is 22.1 Å². The summed E-state index contributed by atoms with van der Waals surface area (Å²) in [6.07, 6.45) is 1.53. The molecule has 1 N–H and O–H groups in total. The zero-order chi connectivity index (χ0) is 16.1. The standard InChI is InChI=1S/C16H16ClN3O2/c1-11(21)12-4-3-5-14(8-12)19-16(22)10-20(2)15-7-6-13(17)9-18-15/h3-9H,10H2,1-2H3,(H,19,22). The number of carbonyl (C=O) groups is 2. The highest BCUT2D eigenvalue weighted by molar-refractivity contribution is 6.30. The smallest absolute Gasteiger partial charge is 0.243 e. The quantitative estimate of drug-likeness (QED) is 0.861. The van der Waals surface area contributed by atoms with Gasteiger partial charge in [-0.2, -0.15) is 0 Å². The van der Waals surface area contributed by atoms with Gasteiger partial charge in [0.25, 0.3) is 0 Å². The van der Waals surface area contributed by atoms with Gasteiger partial charge in [0.1, 0.15) is 5.82 Å². The molecule has 6 heteroatoms. The highest BCUT2D eigenvalue weighted by atomic mass is 35.5. The molecule has 2 aromatic rings. The van der Waals surface area contributed by atoms with Gasteiger partial charge in [0, 0.05) is 24.5 Å². The minimum Gasteiger partial charge on any atom is -0.350 e. The maximum Gasteiger partial charge on any atom is 0.243 e. The Balaban J connectivity index is 1.99. The first-order chi connectivity index (χ1) is 10.5. The fourth-order valence-electron chi connectivity index (χ4n) is 1.91. The summed E-state index contributed by atoms with van der Waals surface area (Å²) < 4.78 is 0. The van der Waals surface area contributed by atoms with Gasteiger partial charge in [-0.15, -0.1) is 0 Å². The van der Waals surface area contributed by atoms with Crippen molar-refractivity contribution in [1.29, 1.82) is 0 Å². The number of rotatable bonds is 5. The molecule has 5 nitrogen and oxygen atoms in total. The van der Waals surface area contributed by atoms with Crippen LogP contribution in [0.5, 0.6) is 0 Å². The Morgan fingerprint density at radius 2 is 2.05 bits per heavy atom. The van der Waals surface area contributed by atoms with E-state index in [1.807, 2.05) is 0 Å². The van der Waals surface area contributed by atoms with Gasteiger partial charge in [-0.25, -0.2) is 4.98 Å². The number of Topliss-reactive ketones (excluding diaryl/α,β-unsaturated/α-hetero) is 1. The molecular formula is C16H16ClN3O2. The van der Waals surface area contributed by atoms with Crippen LogP contribution in [0.4, 0.5) is 11.5 Å². The molecule has 1 aromatic heterocycles. The molecular weight excluding hydrogens is 302 g/mol. The monoisotopic (exact) mass is 317 g/mol. The number of pyridine rings is 1. The second-order valence-electron chi connectivity index (χ2n) is 4.88.